The van der Waals surface area contributed by atoms with Crippen LogP contribution in [0.1, 0.15) is 51.9 Å². The summed E-state index contributed by atoms with van der Waals surface area (Å²) in [5.74, 6) is -0.438. The normalized spacial score (nSPS) is 37.9. The summed E-state index contributed by atoms with van der Waals surface area (Å²) in [6.45, 7) is 3.10. The van der Waals surface area contributed by atoms with Gasteiger partial charge in [0.25, 0.3) is 10.2 Å². The molecule has 1 saturated carbocycles. The standard InChI is InChI=1S/C15H26N2O4S/c1-11-5-4-8-16(10-11)22(20,21)17-13-7-3-2-6-12(13)9-14(17)15(18)19/h11-14H,2-10H2,1H3,(H,18,19). The zero-order valence-corrected chi connectivity index (χ0v) is 14.0. The highest BCUT2D eigenvalue weighted by atomic mass is 32.2. The first-order chi connectivity index (χ1) is 10.4. The molecule has 0 bridgehead atoms. The Morgan fingerprint density at radius 3 is 2.55 bits per heavy atom. The van der Waals surface area contributed by atoms with Gasteiger partial charge in [-0.1, -0.05) is 19.8 Å². The van der Waals surface area contributed by atoms with Crippen LogP contribution in [0.5, 0.6) is 0 Å². The zero-order chi connectivity index (χ0) is 15.9. The third kappa shape index (κ3) is 2.78. The van der Waals surface area contributed by atoms with E-state index in [1.54, 1.807) is 0 Å². The Morgan fingerprint density at radius 2 is 1.86 bits per heavy atom. The van der Waals surface area contributed by atoms with Crippen molar-refractivity contribution in [3.05, 3.63) is 0 Å². The molecule has 22 heavy (non-hydrogen) atoms. The molecule has 6 nitrogen and oxygen atoms in total. The molecule has 2 heterocycles. The minimum Gasteiger partial charge on any atom is -0.480 e. The maximum Gasteiger partial charge on any atom is 0.322 e. The lowest BCUT2D eigenvalue weighted by molar-refractivity contribution is -0.141. The summed E-state index contributed by atoms with van der Waals surface area (Å²) in [6.07, 6.45) is 6.22. The number of hydrogen-bond acceptors (Lipinski definition) is 3. The van der Waals surface area contributed by atoms with Crippen molar-refractivity contribution in [3.8, 4) is 0 Å². The van der Waals surface area contributed by atoms with Gasteiger partial charge in [0.15, 0.2) is 0 Å². The number of fused-ring (bicyclic) bond motifs is 1. The van der Waals surface area contributed by atoms with Crippen molar-refractivity contribution in [1.82, 2.24) is 8.61 Å². The van der Waals surface area contributed by atoms with Gasteiger partial charge in [-0.05, 0) is 43.9 Å². The summed E-state index contributed by atoms with van der Waals surface area (Å²) in [6, 6.07) is -0.993. The fraction of sp³-hybridized carbons (Fsp3) is 0.933. The highest BCUT2D eigenvalue weighted by Gasteiger charge is 2.52. The molecule has 7 heteroatoms. The van der Waals surface area contributed by atoms with Crippen molar-refractivity contribution >= 4 is 16.2 Å². The van der Waals surface area contributed by atoms with Crippen LogP contribution in [0, 0.1) is 11.8 Å². The molecule has 0 spiro atoms. The molecule has 0 aromatic heterocycles. The predicted molar refractivity (Wildman–Crippen MR) is 82.5 cm³/mol. The van der Waals surface area contributed by atoms with Crippen LogP contribution in [0.15, 0.2) is 0 Å². The topological polar surface area (TPSA) is 77.9 Å². The van der Waals surface area contributed by atoms with E-state index in [1.165, 1.54) is 8.61 Å². The molecule has 2 saturated heterocycles. The van der Waals surface area contributed by atoms with E-state index in [-0.39, 0.29) is 12.0 Å². The van der Waals surface area contributed by atoms with E-state index in [2.05, 4.69) is 6.92 Å². The van der Waals surface area contributed by atoms with Crippen molar-refractivity contribution in [1.29, 1.82) is 0 Å². The van der Waals surface area contributed by atoms with Crippen LogP contribution < -0.4 is 0 Å². The van der Waals surface area contributed by atoms with Gasteiger partial charge in [0, 0.05) is 19.1 Å². The first-order valence-electron chi connectivity index (χ1n) is 8.42. The molecule has 0 aromatic rings. The Hall–Kier alpha value is -0.660. The summed E-state index contributed by atoms with van der Waals surface area (Å²) in [4.78, 5) is 11.6. The van der Waals surface area contributed by atoms with Gasteiger partial charge in [0.2, 0.25) is 0 Å². The highest BCUT2D eigenvalue weighted by molar-refractivity contribution is 7.86. The molecule has 3 aliphatic rings. The van der Waals surface area contributed by atoms with E-state index in [9.17, 15) is 18.3 Å². The minimum atomic E-state index is -3.67. The summed E-state index contributed by atoms with van der Waals surface area (Å²) in [5.41, 5.74) is 0. The van der Waals surface area contributed by atoms with Gasteiger partial charge in [-0.2, -0.15) is 17.0 Å². The average molecular weight is 330 g/mol. The number of nitrogens with zero attached hydrogens (tertiary/aromatic N) is 2. The van der Waals surface area contributed by atoms with Gasteiger partial charge in [0.1, 0.15) is 6.04 Å². The maximum atomic E-state index is 13.1. The van der Waals surface area contributed by atoms with Crippen LogP contribution in [-0.2, 0) is 15.0 Å². The highest BCUT2D eigenvalue weighted by Crippen LogP contribution is 2.42. The van der Waals surface area contributed by atoms with Crippen molar-refractivity contribution in [2.75, 3.05) is 13.1 Å². The van der Waals surface area contributed by atoms with E-state index in [0.717, 1.165) is 38.5 Å². The number of carbonyl (C=O) groups is 1. The minimum absolute atomic E-state index is 0.114. The Bertz CT molecular complexity index is 536. The molecule has 4 unspecified atom stereocenters. The molecule has 0 radical (unpaired) electrons. The number of carboxylic acids is 1. The van der Waals surface area contributed by atoms with E-state index in [1.807, 2.05) is 0 Å². The van der Waals surface area contributed by atoms with Crippen LogP contribution in [0.4, 0.5) is 0 Å². The first-order valence-corrected chi connectivity index (χ1v) is 9.82. The Balaban J connectivity index is 1.89. The average Bonchev–Trinajstić information content (AvgIpc) is 2.87. The second-order valence-corrected chi connectivity index (χ2v) is 8.98. The van der Waals surface area contributed by atoms with E-state index in [4.69, 9.17) is 0 Å². The molecular weight excluding hydrogens is 304 g/mol. The molecule has 1 aliphatic carbocycles. The smallest absolute Gasteiger partial charge is 0.322 e. The van der Waals surface area contributed by atoms with Crippen LogP contribution in [-0.4, -0.2) is 53.3 Å². The Labute approximate surface area is 132 Å². The van der Waals surface area contributed by atoms with Gasteiger partial charge in [-0.25, -0.2) is 0 Å². The van der Waals surface area contributed by atoms with Gasteiger partial charge in [-0.3, -0.25) is 4.79 Å². The fourth-order valence-electron chi connectivity index (χ4n) is 4.45. The van der Waals surface area contributed by atoms with Gasteiger partial charge < -0.3 is 5.11 Å². The number of rotatable bonds is 3. The third-order valence-electron chi connectivity index (χ3n) is 5.53. The van der Waals surface area contributed by atoms with Gasteiger partial charge in [-0.15, -0.1) is 0 Å². The fourth-order valence-corrected chi connectivity index (χ4v) is 6.64. The van der Waals surface area contributed by atoms with Crippen molar-refractivity contribution in [2.24, 2.45) is 11.8 Å². The van der Waals surface area contributed by atoms with E-state index in [0.29, 0.717) is 25.4 Å². The predicted octanol–water partition coefficient (Wildman–Crippen LogP) is 1.68. The van der Waals surface area contributed by atoms with Crippen LogP contribution >= 0.6 is 0 Å². The summed E-state index contributed by atoms with van der Waals surface area (Å²) < 4.78 is 29.1. The summed E-state index contributed by atoms with van der Waals surface area (Å²) >= 11 is 0. The quantitative estimate of drug-likeness (QED) is 0.854. The summed E-state index contributed by atoms with van der Waals surface area (Å²) in [5, 5.41) is 9.52. The summed E-state index contributed by atoms with van der Waals surface area (Å²) in [7, 11) is -3.67. The van der Waals surface area contributed by atoms with Gasteiger partial charge in [0.05, 0.1) is 0 Å². The van der Waals surface area contributed by atoms with Crippen molar-refractivity contribution in [3.63, 3.8) is 0 Å². The SMILES string of the molecule is CC1CCCN(S(=O)(=O)N2C(C(=O)O)CC3CCCCC32)C1. The zero-order valence-electron chi connectivity index (χ0n) is 13.1. The second kappa shape index (κ2) is 6.09. The van der Waals surface area contributed by atoms with Crippen LogP contribution in [0.3, 0.4) is 0 Å². The Kier molecular flexibility index (Phi) is 4.49. The molecule has 0 amide bonds. The van der Waals surface area contributed by atoms with Crippen LogP contribution in [0.25, 0.3) is 0 Å². The van der Waals surface area contributed by atoms with E-state index < -0.39 is 22.2 Å². The number of aliphatic carboxylic acids is 1. The lowest BCUT2D eigenvalue weighted by atomic mass is 9.85. The van der Waals surface area contributed by atoms with E-state index >= 15 is 0 Å². The monoisotopic (exact) mass is 330 g/mol. The number of hydrogen-bond donors (Lipinski definition) is 1. The number of carboxylic acid groups (broad SMARTS) is 1. The molecule has 1 N–H and O–H groups in total. The first kappa shape index (κ1) is 16.2. The van der Waals surface area contributed by atoms with Crippen molar-refractivity contribution < 1.29 is 18.3 Å². The largest absolute Gasteiger partial charge is 0.480 e. The molecule has 0 aromatic carbocycles. The lowest BCUT2D eigenvalue weighted by Gasteiger charge is -2.38. The third-order valence-corrected chi connectivity index (χ3v) is 7.57. The molecule has 3 fully saturated rings. The molecular formula is C15H26N2O4S. The molecule has 4 atom stereocenters. The second-order valence-electron chi connectivity index (χ2n) is 7.14. The molecule has 126 valence electrons. The van der Waals surface area contributed by atoms with Crippen LogP contribution in [0.2, 0.25) is 0 Å². The lowest BCUT2D eigenvalue weighted by Crippen LogP contribution is -2.54. The molecule has 3 rings (SSSR count). The number of piperidine rings is 1. The van der Waals surface area contributed by atoms with Crippen molar-refractivity contribution in [2.45, 2.75) is 64.0 Å². The Morgan fingerprint density at radius 1 is 1.14 bits per heavy atom. The maximum absolute atomic E-state index is 13.1. The van der Waals surface area contributed by atoms with Gasteiger partial charge >= 0.3 is 5.97 Å². The molecule has 2 aliphatic heterocycles.